The molecular weight excluding hydrogens is 403 g/mol. The summed E-state index contributed by atoms with van der Waals surface area (Å²) in [6.45, 7) is 2.19. The van der Waals surface area contributed by atoms with Crippen LogP contribution in [0.2, 0.25) is 0 Å². The molecule has 2 heterocycles. The number of amides is 1. The Bertz CT molecular complexity index is 1120. The number of hydrogen-bond acceptors (Lipinski definition) is 5. The van der Waals surface area contributed by atoms with Gasteiger partial charge in [-0.15, -0.1) is 11.3 Å². The lowest BCUT2D eigenvalue weighted by molar-refractivity contribution is -0.142. The molecular formula is C23H19FN2O3S. The first-order valence-electron chi connectivity index (χ1n) is 9.46. The summed E-state index contributed by atoms with van der Waals surface area (Å²) in [5.41, 5.74) is 4.55. The summed E-state index contributed by atoms with van der Waals surface area (Å²) in [7, 11) is 0. The van der Waals surface area contributed by atoms with Gasteiger partial charge in [0.15, 0.2) is 6.61 Å². The van der Waals surface area contributed by atoms with E-state index in [4.69, 9.17) is 4.74 Å². The lowest BCUT2D eigenvalue weighted by Gasteiger charge is -2.17. The van der Waals surface area contributed by atoms with E-state index < -0.39 is 5.97 Å². The molecule has 5 nitrogen and oxygen atoms in total. The van der Waals surface area contributed by atoms with Gasteiger partial charge in [0.2, 0.25) is 0 Å². The Labute approximate surface area is 177 Å². The highest BCUT2D eigenvalue weighted by molar-refractivity contribution is 7.09. The Morgan fingerprint density at radius 2 is 2.03 bits per heavy atom. The zero-order valence-corrected chi connectivity index (χ0v) is 17.1. The Hall–Kier alpha value is -3.32. The van der Waals surface area contributed by atoms with Crippen LogP contribution in [0.25, 0.3) is 17.3 Å². The summed E-state index contributed by atoms with van der Waals surface area (Å²) in [5.74, 6) is -1.24. The van der Waals surface area contributed by atoms with Gasteiger partial charge in [0, 0.05) is 29.3 Å². The van der Waals surface area contributed by atoms with E-state index in [-0.39, 0.29) is 18.3 Å². The number of aryl methyl sites for hydroxylation is 1. The number of halogens is 1. The second kappa shape index (κ2) is 8.59. The minimum atomic E-state index is -0.624. The summed E-state index contributed by atoms with van der Waals surface area (Å²) in [6.07, 6.45) is 3.48. The third-order valence-corrected chi connectivity index (χ3v) is 5.58. The number of hydrogen-bond donors (Lipinski definition) is 0. The molecule has 0 N–H and O–H groups in total. The number of rotatable bonds is 5. The minimum Gasteiger partial charge on any atom is -0.452 e. The average Bonchev–Trinajstić information content (AvgIpc) is 3.37. The number of ether oxygens (including phenoxy) is 1. The third kappa shape index (κ3) is 4.46. The molecule has 152 valence electrons. The molecule has 0 fully saturated rings. The maximum atomic E-state index is 12.9. The van der Waals surface area contributed by atoms with Gasteiger partial charge >= 0.3 is 5.97 Å². The third-order valence-electron chi connectivity index (χ3n) is 4.81. The van der Waals surface area contributed by atoms with Crippen molar-refractivity contribution in [2.75, 3.05) is 18.1 Å². The zero-order valence-electron chi connectivity index (χ0n) is 16.3. The van der Waals surface area contributed by atoms with Crippen LogP contribution < -0.4 is 4.90 Å². The highest BCUT2D eigenvalue weighted by atomic mass is 32.1. The Balaban J connectivity index is 1.36. The van der Waals surface area contributed by atoms with Crippen molar-refractivity contribution in [1.82, 2.24) is 4.98 Å². The Morgan fingerprint density at radius 1 is 1.23 bits per heavy atom. The van der Waals surface area contributed by atoms with Crippen molar-refractivity contribution in [2.24, 2.45) is 0 Å². The molecule has 0 aliphatic carbocycles. The quantitative estimate of drug-likeness (QED) is 0.452. The number of aromatic nitrogens is 1. The highest BCUT2D eigenvalue weighted by Crippen LogP contribution is 2.32. The van der Waals surface area contributed by atoms with E-state index in [0.29, 0.717) is 12.1 Å². The fourth-order valence-electron chi connectivity index (χ4n) is 3.31. The smallest absolute Gasteiger partial charge is 0.331 e. The van der Waals surface area contributed by atoms with Gasteiger partial charge in [0.05, 0.1) is 10.7 Å². The number of nitrogens with zero attached hydrogens (tertiary/aromatic N) is 2. The van der Waals surface area contributed by atoms with E-state index in [1.165, 1.54) is 24.3 Å². The van der Waals surface area contributed by atoms with Crippen LogP contribution in [-0.2, 0) is 20.7 Å². The normalized spacial score (nSPS) is 12.9. The van der Waals surface area contributed by atoms with Gasteiger partial charge in [-0.25, -0.2) is 14.2 Å². The molecule has 0 saturated heterocycles. The van der Waals surface area contributed by atoms with E-state index in [0.717, 1.165) is 33.9 Å². The van der Waals surface area contributed by atoms with Crippen molar-refractivity contribution < 1.29 is 18.7 Å². The molecule has 1 aliphatic rings. The van der Waals surface area contributed by atoms with Crippen LogP contribution in [0.3, 0.4) is 0 Å². The molecule has 3 aromatic rings. The Morgan fingerprint density at radius 3 is 2.77 bits per heavy atom. The van der Waals surface area contributed by atoms with E-state index in [1.54, 1.807) is 28.4 Å². The zero-order chi connectivity index (χ0) is 21.1. The van der Waals surface area contributed by atoms with Crippen LogP contribution in [0.5, 0.6) is 0 Å². The van der Waals surface area contributed by atoms with Gasteiger partial charge in [-0.05, 0) is 54.8 Å². The molecule has 30 heavy (non-hydrogen) atoms. The second-order valence-corrected chi connectivity index (χ2v) is 7.95. The minimum absolute atomic E-state index is 0.269. The number of fused-ring (bicyclic) bond motifs is 1. The molecule has 2 aromatic carbocycles. The van der Waals surface area contributed by atoms with Gasteiger partial charge in [-0.3, -0.25) is 4.79 Å². The van der Waals surface area contributed by atoms with E-state index >= 15 is 0 Å². The fraction of sp³-hybridized carbons (Fsp3) is 0.174. The number of esters is 1. The molecule has 0 radical (unpaired) electrons. The molecule has 1 aromatic heterocycles. The molecule has 0 saturated carbocycles. The van der Waals surface area contributed by atoms with E-state index in [1.807, 2.05) is 24.4 Å². The van der Waals surface area contributed by atoms with Crippen molar-refractivity contribution in [3.8, 4) is 11.3 Å². The van der Waals surface area contributed by atoms with Gasteiger partial charge in [0.1, 0.15) is 5.82 Å². The monoisotopic (exact) mass is 422 g/mol. The first-order valence-corrected chi connectivity index (χ1v) is 10.3. The lowest BCUT2D eigenvalue weighted by atomic mass is 10.1. The highest BCUT2D eigenvalue weighted by Gasteiger charge is 2.25. The molecule has 0 atom stereocenters. The van der Waals surface area contributed by atoms with Crippen LogP contribution in [0.1, 0.15) is 16.1 Å². The van der Waals surface area contributed by atoms with Gasteiger partial charge in [0.25, 0.3) is 5.91 Å². The molecule has 1 aliphatic heterocycles. The van der Waals surface area contributed by atoms with Crippen molar-refractivity contribution in [2.45, 2.75) is 13.3 Å². The first kappa shape index (κ1) is 20.0. The maximum absolute atomic E-state index is 12.9. The van der Waals surface area contributed by atoms with Crippen LogP contribution in [0.15, 0.2) is 53.9 Å². The van der Waals surface area contributed by atoms with Gasteiger partial charge in [-0.2, -0.15) is 0 Å². The van der Waals surface area contributed by atoms with Crippen LogP contribution in [0, 0.1) is 12.7 Å². The van der Waals surface area contributed by atoms with Crippen molar-refractivity contribution in [1.29, 1.82) is 0 Å². The summed E-state index contributed by atoms with van der Waals surface area (Å²) in [6, 6.07) is 11.6. The average molecular weight is 422 g/mol. The largest absolute Gasteiger partial charge is 0.452 e. The number of carbonyl (C=O) groups is 2. The molecule has 1 amide bonds. The summed E-state index contributed by atoms with van der Waals surface area (Å²) in [5, 5.41) is 3.03. The molecule has 0 bridgehead atoms. The fourth-order valence-corrected chi connectivity index (χ4v) is 3.94. The van der Waals surface area contributed by atoms with Crippen molar-refractivity contribution >= 4 is 35.0 Å². The second-order valence-electron chi connectivity index (χ2n) is 6.88. The van der Waals surface area contributed by atoms with Gasteiger partial charge < -0.3 is 9.64 Å². The van der Waals surface area contributed by atoms with Crippen molar-refractivity contribution in [3.63, 3.8) is 0 Å². The van der Waals surface area contributed by atoms with Crippen molar-refractivity contribution in [3.05, 3.63) is 75.9 Å². The van der Waals surface area contributed by atoms with Crippen LogP contribution in [-0.4, -0.2) is 30.0 Å². The number of benzene rings is 2. The topological polar surface area (TPSA) is 59.5 Å². The number of carbonyl (C=O) groups excluding carboxylic acids is 2. The van der Waals surface area contributed by atoms with E-state index in [2.05, 4.69) is 11.1 Å². The standard InChI is InChI=1S/C23H19FN2O3S/c1-15-25-20(14-30-15)17-5-8-21-18(12-17)10-11-26(21)22(27)13-29-23(28)9-4-16-2-6-19(24)7-3-16/h2-9,12,14H,10-11,13H2,1H3/b9-4+. The predicted octanol–water partition coefficient (Wildman–Crippen LogP) is 4.40. The molecule has 4 rings (SSSR count). The van der Waals surface area contributed by atoms with Crippen LogP contribution >= 0.6 is 11.3 Å². The number of anilines is 1. The Kier molecular flexibility index (Phi) is 5.72. The first-order chi connectivity index (χ1) is 14.5. The molecule has 0 unspecified atom stereocenters. The summed E-state index contributed by atoms with van der Waals surface area (Å²) >= 11 is 1.60. The summed E-state index contributed by atoms with van der Waals surface area (Å²) < 4.78 is 18.0. The number of thiazole rings is 1. The lowest BCUT2D eigenvalue weighted by Crippen LogP contribution is -2.33. The molecule has 7 heteroatoms. The van der Waals surface area contributed by atoms with E-state index in [9.17, 15) is 14.0 Å². The summed E-state index contributed by atoms with van der Waals surface area (Å²) in [4.78, 5) is 30.6. The maximum Gasteiger partial charge on any atom is 0.331 e. The SMILES string of the molecule is Cc1nc(-c2ccc3c(c2)CCN3C(=O)COC(=O)/C=C/c2ccc(F)cc2)cs1. The predicted molar refractivity (Wildman–Crippen MR) is 115 cm³/mol. The van der Waals surface area contributed by atoms with Gasteiger partial charge in [-0.1, -0.05) is 18.2 Å². The molecule has 0 spiro atoms. The van der Waals surface area contributed by atoms with Crippen LogP contribution in [0.4, 0.5) is 10.1 Å².